The number of rotatable bonds is 8. The average molecular weight is 362 g/mol. The number of carbonyl (C=O) groups is 1. The first-order valence-corrected chi connectivity index (χ1v) is 9.08. The molecular formula is C18H22N2O4S. The largest absolute Gasteiger partial charge is 0.288 e. The summed E-state index contributed by atoms with van der Waals surface area (Å²) in [5.41, 5.74) is 2.97. The molecule has 0 saturated carbocycles. The van der Waals surface area contributed by atoms with E-state index in [2.05, 4.69) is 4.72 Å². The summed E-state index contributed by atoms with van der Waals surface area (Å²) in [5.74, 6) is -0.697. The van der Waals surface area contributed by atoms with E-state index in [0.29, 0.717) is 5.56 Å². The highest BCUT2D eigenvalue weighted by Crippen LogP contribution is 2.12. The second-order valence-corrected chi connectivity index (χ2v) is 6.69. The molecule has 25 heavy (non-hydrogen) atoms. The molecule has 1 aromatic carbocycles. The molecule has 1 rings (SSSR count). The molecule has 0 aliphatic carbocycles. The molecule has 0 fully saturated rings. The van der Waals surface area contributed by atoms with Crippen molar-refractivity contribution in [1.82, 2.24) is 10.2 Å². The second kappa shape index (κ2) is 10.4. The minimum atomic E-state index is -3.67. The molecule has 0 heterocycles. The van der Waals surface area contributed by atoms with Crippen molar-refractivity contribution in [1.29, 1.82) is 0 Å². The van der Waals surface area contributed by atoms with Crippen LogP contribution < -0.4 is 10.2 Å². The lowest BCUT2D eigenvalue weighted by Gasteiger charge is -2.05. The Morgan fingerprint density at radius 3 is 2.60 bits per heavy atom. The standard InChI is InChI=1S/C18H22N2O4S/c1-3-7-15(4-2)9-6-13-19-25(23,24)17-10-5-8-16(14-17)11-12-18(21)20-22/h3-12,14,19,22H,13H2,1-2H3,(H,20,21). The molecule has 0 aliphatic rings. The van der Waals surface area contributed by atoms with Gasteiger partial charge in [0.05, 0.1) is 4.90 Å². The number of allylic oxidation sites excluding steroid dienone is 5. The van der Waals surface area contributed by atoms with Gasteiger partial charge in [-0.1, -0.05) is 42.5 Å². The Morgan fingerprint density at radius 1 is 1.20 bits per heavy atom. The highest BCUT2D eigenvalue weighted by molar-refractivity contribution is 7.89. The molecular weight excluding hydrogens is 340 g/mol. The van der Waals surface area contributed by atoms with Crippen LogP contribution in [0.25, 0.3) is 6.08 Å². The lowest BCUT2D eigenvalue weighted by Crippen LogP contribution is -2.23. The van der Waals surface area contributed by atoms with Crippen molar-refractivity contribution in [2.45, 2.75) is 18.7 Å². The van der Waals surface area contributed by atoms with Gasteiger partial charge in [0.15, 0.2) is 0 Å². The van der Waals surface area contributed by atoms with E-state index in [-0.39, 0.29) is 11.4 Å². The maximum absolute atomic E-state index is 12.3. The Kier molecular flexibility index (Phi) is 8.55. The zero-order valence-electron chi connectivity index (χ0n) is 14.1. The number of sulfonamides is 1. The molecule has 0 saturated heterocycles. The highest BCUT2D eigenvalue weighted by atomic mass is 32.2. The molecule has 1 amide bonds. The second-order valence-electron chi connectivity index (χ2n) is 4.92. The van der Waals surface area contributed by atoms with Crippen molar-refractivity contribution < 1.29 is 18.4 Å². The molecule has 0 atom stereocenters. The fourth-order valence-corrected chi connectivity index (χ4v) is 2.90. The first kappa shape index (κ1) is 20.6. The number of benzene rings is 1. The van der Waals surface area contributed by atoms with Gasteiger partial charge in [-0.3, -0.25) is 10.0 Å². The summed E-state index contributed by atoms with van der Waals surface area (Å²) >= 11 is 0. The molecule has 0 aromatic heterocycles. The normalized spacial score (nSPS) is 13.2. The topological polar surface area (TPSA) is 95.5 Å². The fraction of sp³-hybridized carbons (Fsp3) is 0.167. The molecule has 7 heteroatoms. The molecule has 0 radical (unpaired) electrons. The van der Waals surface area contributed by atoms with E-state index < -0.39 is 15.9 Å². The summed E-state index contributed by atoms with van der Waals surface area (Å²) in [6.07, 6.45) is 11.8. The van der Waals surface area contributed by atoms with Gasteiger partial charge in [-0.05, 0) is 43.2 Å². The van der Waals surface area contributed by atoms with Crippen molar-refractivity contribution in [2.75, 3.05) is 6.54 Å². The molecule has 134 valence electrons. The smallest absolute Gasteiger partial charge is 0.267 e. The summed E-state index contributed by atoms with van der Waals surface area (Å²) in [6, 6.07) is 6.12. The summed E-state index contributed by atoms with van der Waals surface area (Å²) in [5, 5.41) is 8.44. The first-order chi connectivity index (χ1) is 11.9. The number of hydrogen-bond donors (Lipinski definition) is 3. The van der Waals surface area contributed by atoms with Crippen LogP contribution in [0.4, 0.5) is 0 Å². The Morgan fingerprint density at radius 2 is 1.96 bits per heavy atom. The van der Waals surface area contributed by atoms with Crippen LogP contribution in [0.15, 0.2) is 71.2 Å². The summed E-state index contributed by atoms with van der Waals surface area (Å²) in [7, 11) is -3.67. The van der Waals surface area contributed by atoms with Crippen LogP contribution in [0.3, 0.4) is 0 Å². The van der Waals surface area contributed by atoms with Crippen molar-refractivity contribution in [3.05, 3.63) is 71.9 Å². The molecule has 0 bridgehead atoms. The Hall–Kier alpha value is -2.48. The number of hydrogen-bond acceptors (Lipinski definition) is 4. The van der Waals surface area contributed by atoms with Gasteiger partial charge < -0.3 is 0 Å². The van der Waals surface area contributed by atoms with Crippen LogP contribution in [-0.4, -0.2) is 26.1 Å². The predicted molar refractivity (Wildman–Crippen MR) is 98.3 cm³/mol. The molecule has 0 spiro atoms. The minimum absolute atomic E-state index is 0.0900. The van der Waals surface area contributed by atoms with E-state index >= 15 is 0 Å². The zero-order chi connectivity index (χ0) is 18.7. The summed E-state index contributed by atoms with van der Waals surface area (Å²) in [6.45, 7) is 3.97. The maximum atomic E-state index is 12.3. The van der Waals surface area contributed by atoms with E-state index in [4.69, 9.17) is 5.21 Å². The monoisotopic (exact) mass is 362 g/mol. The molecule has 1 aromatic rings. The van der Waals surface area contributed by atoms with Gasteiger partial charge in [0, 0.05) is 12.6 Å². The van der Waals surface area contributed by atoms with Gasteiger partial charge in [-0.15, -0.1) is 0 Å². The fourth-order valence-electron chi connectivity index (χ4n) is 1.87. The van der Waals surface area contributed by atoms with E-state index in [1.54, 1.807) is 18.2 Å². The summed E-state index contributed by atoms with van der Waals surface area (Å²) in [4.78, 5) is 11.1. The van der Waals surface area contributed by atoms with Crippen molar-refractivity contribution in [3.63, 3.8) is 0 Å². The first-order valence-electron chi connectivity index (χ1n) is 7.60. The Labute approximate surface area is 148 Å². The van der Waals surface area contributed by atoms with E-state index in [0.717, 1.165) is 11.6 Å². The minimum Gasteiger partial charge on any atom is -0.288 e. The maximum Gasteiger partial charge on any atom is 0.267 e. The van der Waals surface area contributed by atoms with Gasteiger partial charge in [0.1, 0.15) is 0 Å². The number of amides is 1. The van der Waals surface area contributed by atoms with Gasteiger partial charge in [0.2, 0.25) is 10.0 Å². The molecule has 6 nitrogen and oxygen atoms in total. The van der Waals surface area contributed by atoms with Crippen molar-refractivity contribution >= 4 is 22.0 Å². The van der Waals surface area contributed by atoms with Crippen LogP contribution in [0.5, 0.6) is 0 Å². The van der Waals surface area contributed by atoms with Crippen LogP contribution >= 0.6 is 0 Å². The Bertz CT molecular complexity index is 806. The van der Waals surface area contributed by atoms with Crippen LogP contribution in [0.1, 0.15) is 19.4 Å². The Balaban J connectivity index is 2.80. The van der Waals surface area contributed by atoms with Crippen LogP contribution in [0.2, 0.25) is 0 Å². The van der Waals surface area contributed by atoms with Crippen LogP contribution in [0, 0.1) is 0 Å². The molecule has 3 N–H and O–H groups in total. The third-order valence-electron chi connectivity index (χ3n) is 3.10. The van der Waals surface area contributed by atoms with Crippen LogP contribution in [-0.2, 0) is 14.8 Å². The molecule has 0 aliphatic heterocycles. The van der Waals surface area contributed by atoms with Crippen molar-refractivity contribution in [2.24, 2.45) is 0 Å². The van der Waals surface area contributed by atoms with Gasteiger partial charge in [-0.25, -0.2) is 18.6 Å². The number of nitrogens with one attached hydrogen (secondary N) is 2. The highest BCUT2D eigenvalue weighted by Gasteiger charge is 2.12. The number of hydroxylamine groups is 1. The quantitative estimate of drug-likeness (QED) is 0.287. The van der Waals surface area contributed by atoms with Gasteiger partial charge in [-0.2, -0.15) is 0 Å². The lowest BCUT2D eigenvalue weighted by atomic mass is 10.2. The van der Waals surface area contributed by atoms with Gasteiger partial charge in [0.25, 0.3) is 5.91 Å². The SMILES string of the molecule is CC=CC(C=CCNS(=O)(=O)c1cccc(C=CC(=O)NO)c1)=CC. The van der Waals surface area contributed by atoms with E-state index in [1.807, 2.05) is 38.2 Å². The van der Waals surface area contributed by atoms with Crippen molar-refractivity contribution in [3.8, 4) is 0 Å². The zero-order valence-corrected chi connectivity index (χ0v) is 15.0. The third-order valence-corrected chi connectivity index (χ3v) is 4.52. The predicted octanol–water partition coefficient (Wildman–Crippen LogP) is 2.56. The summed E-state index contributed by atoms with van der Waals surface area (Å²) < 4.78 is 27.1. The lowest BCUT2D eigenvalue weighted by molar-refractivity contribution is -0.124. The third kappa shape index (κ3) is 7.30. The molecule has 0 unspecified atom stereocenters. The van der Waals surface area contributed by atoms with E-state index in [9.17, 15) is 13.2 Å². The van der Waals surface area contributed by atoms with Gasteiger partial charge >= 0.3 is 0 Å². The average Bonchev–Trinajstić information content (AvgIpc) is 2.62. The number of carbonyl (C=O) groups excluding carboxylic acids is 1. The van der Waals surface area contributed by atoms with E-state index in [1.165, 1.54) is 23.7 Å².